The first-order chi connectivity index (χ1) is 14.2. The average Bonchev–Trinajstić information content (AvgIpc) is 2.79. The molecule has 2 aromatic carbocycles. The van der Waals surface area contributed by atoms with E-state index in [0.29, 0.717) is 13.1 Å². The summed E-state index contributed by atoms with van der Waals surface area (Å²) in [5.74, 6) is 0.927. The molecule has 1 saturated heterocycles. The van der Waals surface area contributed by atoms with Crippen molar-refractivity contribution in [3.8, 4) is 11.3 Å². The van der Waals surface area contributed by atoms with Gasteiger partial charge in [0.2, 0.25) is 5.91 Å². The van der Waals surface area contributed by atoms with Gasteiger partial charge in [0.1, 0.15) is 0 Å². The van der Waals surface area contributed by atoms with E-state index in [0.717, 1.165) is 42.0 Å². The second-order valence-electron chi connectivity index (χ2n) is 7.57. The maximum absolute atomic E-state index is 12.7. The first kappa shape index (κ1) is 19.1. The smallest absolute Gasteiger partial charge is 0.225 e. The summed E-state index contributed by atoms with van der Waals surface area (Å²) in [5, 5.41) is 11.9. The Balaban J connectivity index is 1.38. The first-order valence-corrected chi connectivity index (χ1v) is 10.2. The van der Waals surface area contributed by atoms with Crippen LogP contribution in [0.3, 0.4) is 0 Å². The van der Waals surface area contributed by atoms with Crippen LogP contribution in [-0.4, -0.2) is 29.2 Å². The van der Waals surface area contributed by atoms with Gasteiger partial charge in [-0.25, -0.2) is 0 Å². The molecule has 0 bridgehead atoms. The number of piperidine rings is 1. The van der Waals surface area contributed by atoms with E-state index in [1.165, 1.54) is 5.56 Å². The van der Waals surface area contributed by atoms with E-state index in [1.54, 1.807) is 0 Å². The molecule has 29 heavy (non-hydrogen) atoms. The van der Waals surface area contributed by atoms with Crippen molar-refractivity contribution in [3.05, 3.63) is 77.9 Å². The lowest BCUT2D eigenvalue weighted by molar-refractivity contribution is -0.125. The van der Waals surface area contributed by atoms with E-state index in [4.69, 9.17) is 0 Å². The molecular formula is C24H26N4O. The Morgan fingerprint density at radius 3 is 2.59 bits per heavy atom. The highest BCUT2D eigenvalue weighted by Crippen LogP contribution is 2.23. The SMILES string of the molecule is Cc1ccccc1CNC(=O)[C@H]1CCCN(c2ccc(-c3ccccc3)nn2)C1. The molecular weight excluding hydrogens is 360 g/mol. The highest BCUT2D eigenvalue weighted by Gasteiger charge is 2.26. The van der Waals surface area contributed by atoms with Crippen LogP contribution in [0.4, 0.5) is 5.82 Å². The van der Waals surface area contributed by atoms with Gasteiger partial charge in [0.05, 0.1) is 11.6 Å². The molecule has 1 aliphatic rings. The van der Waals surface area contributed by atoms with Gasteiger partial charge < -0.3 is 10.2 Å². The standard InChI is InChI=1S/C24H26N4O/c1-18-8-5-6-11-20(18)16-25-24(29)21-12-7-15-28(17-21)23-14-13-22(26-27-23)19-9-3-2-4-10-19/h2-6,8-11,13-14,21H,7,12,15-17H2,1H3,(H,25,29)/t21-/m0/s1. The molecule has 0 aliphatic carbocycles. The van der Waals surface area contributed by atoms with Gasteiger partial charge in [-0.2, -0.15) is 0 Å². The van der Waals surface area contributed by atoms with Gasteiger partial charge in [-0.15, -0.1) is 10.2 Å². The van der Waals surface area contributed by atoms with E-state index in [1.807, 2.05) is 54.6 Å². The summed E-state index contributed by atoms with van der Waals surface area (Å²) in [6.07, 6.45) is 1.89. The Kier molecular flexibility index (Phi) is 5.84. The Labute approximate surface area is 171 Å². The quantitative estimate of drug-likeness (QED) is 0.720. The van der Waals surface area contributed by atoms with Crippen molar-refractivity contribution in [2.24, 2.45) is 5.92 Å². The van der Waals surface area contributed by atoms with Crippen molar-refractivity contribution in [2.45, 2.75) is 26.3 Å². The molecule has 2 heterocycles. The summed E-state index contributed by atoms with van der Waals surface area (Å²) in [4.78, 5) is 14.9. The lowest BCUT2D eigenvalue weighted by atomic mass is 9.97. The Morgan fingerprint density at radius 1 is 1.03 bits per heavy atom. The van der Waals surface area contributed by atoms with Gasteiger partial charge in [-0.1, -0.05) is 54.6 Å². The van der Waals surface area contributed by atoms with E-state index >= 15 is 0 Å². The third-order valence-electron chi connectivity index (χ3n) is 5.55. The number of carbonyl (C=O) groups excluding carboxylic acids is 1. The molecule has 1 N–H and O–H groups in total. The molecule has 0 radical (unpaired) electrons. The lowest BCUT2D eigenvalue weighted by Crippen LogP contribution is -2.43. The van der Waals surface area contributed by atoms with Crippen molar-refractivity contribution in [3.63, 3.8) is 0 Å². The zero-order valence-electron chi connectivity index (χ0n) is 16.7. The summed E-state index contributed by atoms with van der Waals surface area (Å²) in [6, 6.07) is 22.2. The summed E-state index contributed by atoms with van der Waals surface area (Å²) in [6.45, 7) is 4.23. The molecule has 1 aromatic heterocycles. The fourth-order valence-corrected chi connectivity index (χ4v) is 3.79. The molecule has 1 fully saturated rings. The third kappa shape index (κ3) is 4.62. The number of nitrogens with zero attached hydrogens (tertiary/aromatic N) is 3. The highest BCUT2D eigenvalue weighted by atomic mass is 16.1. The van der Waals surface area contributed by atoms with Crippen LogP contribution < -0.4 is 10.2 Å². The van der Waals surface area contributed by atoms with E-state index < -0.39 is 0 Å². The van der Waals surface area contributed by atoms with Crippen LogP contribution >= 0.6 is 0 Å². The van der Waals surface area contributed by atoms with Crippen LogP contribution in [0, 0.1) is 12.8 Å². The number of aryl methyl sites for hydroxylation is 1. The third-order valence-corrected chi connectivity index (χ3v) is 5.55. The molecule has 5 heteroatoms. The maximum atomic E-state index is 12.7. The molecule has 3 aromatic rings. The summed E-state index contributed by atoms with van der Waals surface area (Å²) in [5.41, 5.74) is 4.28. The van der Waals surface area contributed by atoms with Crippen LogP contribution in [0.25, 0.3) is 11.3 Å². The fraction of sp³-hybridized carbons (Fsp3) is 0.292. The van der Waals surface area contributed by atoms with Crippen LogP contribution in [-0.2, 0) is 11.3 Å². The molecule has 4 rings (SSSR count). The fourth-order valence-electron chi connectivity index (χ4n) is 3.79. The van der Waals surface area contributed by atoms with Gasteiger partial charge in [-0.3, -0.25) is 4.79 Å². The van der Waals surface area contributed by atoms with Gasteiger partial charge in [-0.05, 0) is 43.0 Å². The highest BCUT2D eigenvalue weighted by molar-refractivity contribution is 5.79. The number of anilines is 1. The Morgan fingerprint density at radius 2 is 1.83 bits per heavy atom. The number of benzene rings is 2. The molecule has 0 unspecified atom stereocenters. The van der Waals surface area contributed by atoms with Crippen LogP contribution in [0.5, 0.6) is 0 Å². The largest absolute Gasteiger partial charge is 0.354 e. The Bertz CT molecular complexity index is 956. The van der Waals surface area contributed by atoms with E-state index in [2.05, 4.69) is 39.5 Å². The van der Waals surface area contributed by atoms with Gasteiger partial charge >= 0.3 is 0 Å². The number of rotatable bonds is 5. The molecule has 1 atom stereocenters. The first-order valence-electron chi connectivity index (χ1n) is 10.2. The molecule has 148 valence electrons. The number of nitrogens with one attached hydrogen (secondary N) is 1. The van der Waals surface area contributed by atoms with Gasteiger partial charge in [0, 0.05) is 25.2 Å². The number of carbonyl (C=O) groups is 1. The van der Waals surface area contributed by atoms with Crippen molar-refractivity contribution >= 4 is 11.7 Å². The van der Waals surface area contributed by atoms with Gasteiger partial charge in [0.15, 0.2) is 5.82 Å². The van der Waals surface area contributed by atoms with Crippen molar-refractivity contribution in [1.82, 2.24) is 15.5 Å². The summed E-state index contributed by atoms with van der Waals surface area (Å²) >= 11 is 0. The maximum Gasteiger partial charge on any atom is 0.225 e. The number of hydrogen-bond donors (Lipinski definition) is 1. The van der Waals surface area contributed by atoms with Crippen LogP contribution in [0.15, 0.2) is 66.7 Å². The normalized spacial score (nSPS) is 16.4. The average molecular weight is 386 g/mol. The number of amides is 1. The lowest BCUT2D eigenvalue weighted by Gasteiger charge is -2.32. The Hall–Kier alpha value is -3.21. The zero-order chi connectivity index (χ0) is 20.1. The predicted molar refractivity (Wildman–Crippen MR) is 115 cm³/mol. The van der Waals surface area contributed by atoms with Crippen LogP contribution in [0.2, 0.25) is 0 Å². The monoisotopic (exact) mass is 386 g/mol. The predicted octanol–water partition coefficient (Wildman–Crippen LogP) is 3.98. The molecule has 5 nitrogen and oxygen atoms in total. The number of aromatic nitrogens is 2. The minimum Gasteiger partial charge on any atom is -0.354 e. The number of hydrogen-bond acceptors (Lipinski definition) is 4. The van der Waals surface area contributed by atoms with Crippen LogP contribution in [0.1, 0.15) is 24.0 Å². The second-order valence-corrected chi connectivity index (χ2v) is 7.57. The molecule has 1 amide bonds. The van der Waals surface area contributed by atoms with Gasteiger partial charge in [0.25, 0.3) is 0 Å². The topological polar surface area (TPSA) is 58.1 Å². The zero-order valence-corrected chi connectivity index (χ0v) is 16.7. The molecule has 0 spiro atoms. The minimum absolute atomic E-state index is 0.0247. The minimum atomic E-state index is -0.0247. The molecule has 0 saturated carbocycles. The second kappa shape index (κ2) is 8.86. The van der Waals surface area contributed by atoms with Crippen molar-refractivity contribution in [1.29, 1.82) is 0 Å². The molecule has 1 aliphatic heterocycles. The summed E-state index contributed by atoms with van der Waals surface area (Å²) in [7, 11) is 0. The van der Waals surface area contributed by atoms with Crippen molar-refractivity contribution in [2.75, 3.05) is 18.0 Å². The summed E-state index contributed by atoms with van der Waals surface area (Å²) < 4.78 is 0. The van der Waals surface area contributed by atoms with E-state index in [9.17, 15) is 4.79 Å². The van der Waals surface area contributed by atoms with E-state index in [-0.39, 0.29) is 11.8 Å². The van der Waals surface area contributed by atoms with Crippen molar-refractivity contribution < 1.29 is 4.79 Å².